The molecule has 0 aromatic heterocycles. The van der Waals surface area contributed by atoms with Crippen LogP contribution < -0.4 is 5.73 Å². The first kappa shape index (κ1) is 22.6. The molecule has 0 unspecified atom stereocenters. The Morgan fingerprint density at radius 1 is 0.769 bits per heavy atom. The van der Waals surface area contributed by atoms with Crippen molar-refractivity contribution < 1.29 is 14.4 Å². The Morgan fingerprint density at radius 3 is 0.769 bits per heavy atom. The fraction of sp³-hybridized carbons (Fsp3) is 0.667. The first-order valence-electron chi connectivity index (χ1n) is 3.40. The average Bonchev–Trinajstić information content (AvgIpc) is 1.54. The lowest BCUT2D eigenvalue weighted by atomic mass is 10.6. The molecular formula is C9H21NO3. The molecule has 0 aliphatic heterocycles. The number of ketones is 2. The summed E-state index contributed by atoms with van der Waals surface area (Å²) in [6.45, 7) is 7.42. The molecule has 0 saturated heterocycles. The predicted octanol–water partition coefficient (Wildman–Crippen LogP) is 1.32. The standard InChI is InChI=1S/2C3H6O.C2H5NO.CH4/c2*1-3(2)4;1-2(3)4;/h2*1-2H3;1H3,(H2,3,4);1H4. The number of nitrogens with two attached hydrogens (primary N) is 1. The summed E-state index contributed by atoms with van der Waals surface area (Å²) in [7, 11) is 0. The molecule has 4 heteroatoms. The number of hydrogen-bond donors (Lipinski definition) is 1. The topological polar surface area (TPSA) is 77.2 Å². The van der Waals surface area contributed by atoms with E-state index in [0.717, 1.165) is 0 Å². The number of Topliss-reactive ketones (excluding diaryl/α,β-unsaturated/α-hetero) is 2. The van der Waals surface area contributed by atoms with Gasteiger partial charge in [-0.1, -0.05) is 7.43 Å². The first-order valence-corrected chi connectivity index (χ1v) is 3.40. The lowest BCUT2D eigenvalue weighted by Gasteiger charge is -1.60. The van der Waals surface area contributed by atoms with E-state index >= 15 is 0 Å². The minimum absolute atomic E-state index is 0. The number of carbonyl (C=O) groups excluding carboxylic acids is 3. The van der Waals surface area contributed by atoms with E-state index in [4.69, 9.17) is 0 Å². The highest BCUT2D eigenvalue weighted by molar-refractivity contribution is 5.72. The van der Waals surface area contributed by atoms with Crippen LogP contribution in [0.15, 0.2) is 0 Å². The molecule has 2 N–H and O–H groups in total. The zero-order valence-electron chi connectivity index (χ0n) is 8.30. The Balaban J connectivity index is -0.0000000450. The molecule has 1 amide bonds. The van der Waals surface area contributed by atoms with E-state index in [-0.39, 0.29) is 24.9 Å². The third-order valence-electron chi connectivity index (χ3n) is 0. The summed E-state index contributed by atoms with van der Waals surface area (Å²) in [5.74, 6) is 0.000000000000000444. The smallest absolute Gasteiger partial charge is 0.214 e. The van der Waals surface area contributed by atoms with Crippen LogP contribution in [0.2, 0.25) is 0 Å². The second-order valence-electron chi connectivity index (χ2n) is 2.43. The fourth-order valence-electron chi connectivity index (χ4n) is 0. The van der Waals surface area contributed by atoms with E-state index in [1.54, 1.807) is 0 Å². The Morgan fingerprint density at radius 2 is 0.769 bits per heavy atom. The van der Waals surface area contributed by atoms with E-state index in [2.05, 4.69) is 5.73 Å². The molecular weight excluding hydrogens is 170 g/mol. The van der Waals surface area contributed by atoms with Crippen molar-refractivity contribution in [2.45, 2.75) is 42.0 Å². The van der Waals surface area contributed by atoms with Crippen LogP contribution in [0, 0.1) is 0 Å². The Bertz CT molecular complexity index is 112. The average molecular weight is 191 g/mol. The van der Waals surface area contributed by atoms with Crippen molar-refractivity contribution in [2.24, 2.45) is 5.73 Å². The molecule has 0 bridgehead atoms. The van der Waals surface area contributed by atoms with Gasteiger partial charge in [0.05, 0.1) is 0 Å². The maximum Gasteiger partial charge on any atom is 0.214 e. The van der Waals surface area contributed by atoms with Gasteiger partial charge in [0.25, 0.3) is 0 Å². The molecule has 0 saturated carbocycles. The van der Waals surface area contributed by atoms with Crippen molar-refractivity contribution in [2.75, 3.05) is 0 Å². The van der Waals surface area contributed by atoms with Gasteiger partial charge in [0, 0.05) is 6.92 Å². The molecule has 0 radical (unpaired) electrons. The maximum atomic E-state index is 9.44. The van der Waals surface area contributed by atoms with E-state index in [1.165, 1.54) is 34.6 Å². The van der Waals surface area contributed by atoms with Crippen LogP contribution in [-0.4, -0.2) is 17.5 Å². The summed E-state index contributed by atoms with van der Waals surface area (Å²) in [5.41, 5.74) is 4.47. The molecule has 0 fully saturated rings. The van der Waals surface area contributed by atoms with Crippen molar-refractivity contribution in [1.82, 2.24) is 0 Å². The molecule has 0 heterocycles. The van der Waals surface area contributed by atoms with Crippen molar-refractivity contribution in [3.8, 4) is 0 Å². The zero-order valence-corrected chi connectivity index (χ0v) is 8.30. The van der Waals surface area contributed by atoms with E-state index in [9.17, 15) is 14.4 Å². The maximum absolute atomic E-state index is 9.44. The van der Waals surface area contributed by atoms with Crippen LogP contribution in [0.25, 0.3) is 0 Å². The van der Waals surface area contributed by atoms with Gasteiger partial charge in [0.15, 0.2) is 0 Å². The Hall–Kier alpha value is -1.19. The third kappa shape index (κ3) is 592. The van der Waals surface area contributed by atoms with Crippen molar-refractivity contribution >= 4 is 17.5 Å². The number of amides is 1. The Labute approximate surface area is 80.5 Å². The second-order valence-corrected chi connectivity index (χ2v) is 2.43. The van der Waals surface area contributed by atoms with Gasteiger partial charge in [-0.25, -0.2) is 0 Å². The molecule has 0 atom stereocenters. The Kier molecular flexibility index (Phi) is 29.7. The molecule has 0 spiro atoms. The summed E-state index contributed by atoms with van der Waals surface area (Å²) in [4.78, 5) is 28.1. The van der Waals surface area contributed by atoms with Gasteiger partial charge in [-0.15, -0.1) is 0 Å². The minimum Gasteiger partial charge on any atom is -0.370 e. The van der Waals surface area contributed by atoms with Crippen molar-refractivity contribution in [3.63, 3.8) is 0 Å². The zero-order chi connectivity index (χ0) is 10.7. The van der Waals surface area contributed by atoms with Crippen LogP contribution >= 0.6 is 0 Å². The summed E-state index contributed by atoms with van der Waals surface area (Å²) in [6, 6.07) is 0. The molecule has 0 rings (SSSR count). The van der Waals surface area contributed by atoms with E-state index < -0.39 is 0 Å². The van der Waals surface area contributed by atoms with Crippen LogP contribution in [0.1, 0.15) is 42.0 Å². The highest BCUT2D eigenvalue weighted by atomic mass is 16.1. The number of hydrogen-bond acceptors (Lipinski definition) is 3. The SMILES string of the molecule is C.CC(C)=O.CC(C)=O.CC(N)=O. The normalized spacial score (nSPS) is 5.92. The molecule has 13 heavy (non-hydrogen) atoms. The largest absolute Gasteiger partial charge is 0.370 e. The lowest BCUT2D eigenvalue weighted by Crippen LogP contribution is -2.01. The fourth-order valence-corrected chi connectivity index (χ4v) is 0. The van der Waals surface area contributed by atoms with Gasteiger partial charge in [0.2, 0.25) is 5.91 Å². The summed E-state index contributed by atoms with van der Waals surface area (Å²) in [5, 5.41) is 0. The van der Waals surface area contributed by atoms with E-state index in [1.807, 2.05) is 0 Å². The molecule has 4 nitrogen and oxygen atoms in total. The van der Waals surface area contributed by atoms with Crippen LogP contribution in [0.3, 0.4) is 0 Å². The van der Waals surface area contributed by atoms with Gasteiger partial charge in [0.1, 0.15) is 11.6 Å². The highest BCUT2D eigenvalue weighted by Gasteiger charge is 1.62. The molecule has 0 aromatic carbocycles. The monoisotopic (exact) mass is 191 g/mol. The number of primary amides is 1. The quantitative estimate of drug-likeness (QED) is 0.627. The number of rotatable bonds is 0. The molecule has 0 aromatic rings. The summed E-state index contributed by atoms with van der Waals surface area (Å²) in [6.07, 6.45) is 0. The van der Waals surface area contributed by atoms with Crippen molar-refractivity contribution in [1.29, 1.82) is 0 Å². The predicted molar refractivity (Wildman–Crippen MR) is 54.3 cm³/mol. The molecule has 80 valence electrons. The van der Waals surface area contributed by atoms with Gasteiger partial charge >= 0.3 is 0 Å². The van der Waals surface area contributed by atoms with Gasteiger partial charge in [-0.3, -0.25) is 4.79 Å². The lowest BCUT2D eigenvalue weighted by molar-refractivity contribution is -0.116. The van der Waals surface area contributed by atoms with Gasteiger partial charge < -0.3 is 15.3 Å². The van der Waals surface area contributed by atoms with Crippen LogP contribution in [0.5, 0.6) is 0 Å². The highest BCUT2D eigenvalue weighted by Crippen LogP contribution is 1.50. The van der Waals surface area contributed by atoms with E-state index in [0.29, 0.717) is 0 Å². The van der Waals surface area contributed by atoms with Gasteiger partial charge in [-0.05, 0) is 27.7 Å². The number of carbonyl (C=O) groups is 3. The summed E-state index contributed by atoms with van der Waals surface area (Å²) >= 11 is 0. The molecule has 0 aliphatic rings. The minimum atomic E-state index is -0.333. The first-order chi connectivity index (χ1) is 5.20. The van der Waals surface area contributed by atoms with Crippen LogP contribution in [0.4, 0.5) is 0 Å². The third-order valence-corrected chi connectivity index (χ3v) is 0. The van der Waals surface area contributed by atoms with Gasteiger partial charge in [-0.2, -0.15) is 0 Å². The molecule has 0 aliphatic carbocycles. The second kappa shape index (κ2) is 17.1. The van der Waals surface area contributed by atoms with Crippen molar-refractivity contribution in [3.05, 3.63) is 0 Å². The summed E-state index contributed by atoms with van der Waals surface area (Å²) < 4.78 is 0. The van der Waals surface area contributed by atoms with Crippen LogP contribution in [-0.2, 0) is 14.4 Å².